The largest absolute Gasteiger partial charge is 0.481 e. The molecule has 20 heavy (non-hydrogen) atoms. The highest BCUT2D eigenvalue weighted by Gasteiger charge is 2.46. The van der Waals surface area contributed by atoms with E-state index in [1.807, 2.05) is 6.92 Å². The predicted octanol–water partition coefficient (Wildman–Crippen LogP) is 0.100. The van der Waals surface area contributed by atoms with Crippen LogP contribution in [0.25, 0.3) is 0 Å². The highest BCUT2D eigenvalue weighted by molar-refractivity contribution is 5.82. The topological polar surface area (TPSA) is 104 Å². The number of nitrogens with two attached hydrogens (primary N) is 1. The number of hydrogen-bond acceptors (Lipinski definition) is 3. The Morgan fingerprint density at radius 2 is 2.00 bits per heavy atom. The Balaban J connectivity index is 1.99. The van der Waals surface area contributed by atoms with Gasteiger partial charge in [0.05, 0.1) is 11.3 Å². The maximum absolute atomic E-state index is 12.3. The molecule has 0 aromatic rings. The van der Waals surface area contributed by atoms with E-state index < -0.39 is 11.4 Å². The van der Waals surface area contributed by atoms with Gasteiger partial charge in [-0.3, -0.25) is 9.59 Å². The van der Waals surface area contributed by atoms with E-state index in [-0.39, 0.29) is 24.4 Å². The summed E-state index contributed by atoms with van der Waals surface area (Å²) in [6, 6.07) is -0.176. The number of aliphatic carboxylic acids is 1. The molecule has 0 spiro atoms. The average Bonchev–Trinajstić information content (AvgIpc) is 3.05. The molecule has 3 amide bonds. The molecule has 0 bridgehead atoms. The number of carbonyl (C=O) groups is 3. The number of likely N-dealkylation sites (tertiary alicyclic amines) is 2. The van der Waals surface area contributed by atoms with E-state index in [1.165, 1.54) is 0 Å². The molecule has 2 aliphatic heterocycles. The van der Waals surface area contributed by atoms with E-state index in [9.17, 15) is 19.5 Å². The summed E-state index contributed by atoms with van der Waals surface area (Å²) in [5.74, 6) is -1.50. The number of amides is 3. The lowest BCUT2D eigenvalue weighted by atomic mass is 9.84. The maximum Gasteiger partial charge on any atom is 0.320 e. The molecule has 2 atom stereocenters. The first kappa shape index (κ1) is 14.6. The molecule has 7 heteroatoms. The quantitative estimate of drug-likeness (QED) is 0.766. The third-order valence-electron chi connectivity index (χ3n) is 4.62. The molecule has 112 valence electrons. The molecule has 2 unspecified atom stereocenters. The first-order valence-electron chi connectivity index (χ1n) is 6.96. The van der Waals surface area contributed by atoms with Crippen LogP contribution >= 0.6 is 0 Å². The number of primary amides is 1. The molecule has 2 rings (SSSR count). The highest BCUT2D eigenvalue weighted by Crippen LogP contribution is 2.35. The lowest BCUT2D eigenvalue weighted by Gasteiger charge is -2.26. The Kier molecular flexibility index (Phi) is 3.87. The standard InChI is InChI=1S/C13H21N3O4/c1-2-13(11(18)19)4-6-16(8-13)12(20)15-5-3-9(7-15)10(14)17/h9H,2-8H2,1H3,(H2,14,17)(H,18,19). The average molecular weight is 283 g/mol. The maximum atomic E-state index is 12.3. The molecule has 2 heterocycles. The van der Waals surface area contributed by atoms with Gasteiger partial charge in [0.1, 0.15) is 0 Å². The fourth-order valence-corrected chi connectivity index (χ4v) is 3.02. The normalized spacial score (nSPS) is 29.8. The van der Waals surface area contributed by atoms with Crippen LogP contribution in [0.1, 0.15) is 26.2 Å². The van der Waals surface area contributed by atoms with Gasteiger partial charge < -0.3 is 20.6 Å². The van der Waals surface area contributed by atoms with Crippen molar-refractivity contribution in [1.29, 1.82) is 0 Å². The van der Waals surface area contributed by atoms with Crippen LogP contribution in [0.15, 0.2) is 0 Å². The van der Waals surface area contributed by atoms with Crippen molar-refractivity contribution < 1.29 is 19.5 Å². The molecule has 3 N–H and O–H groups in total. The minimum absolute atomic E-state index is 0.176. The zero-order chi connectivity index (χ0) is 14.9. The molecule has 7 nitrogen and oxygen atoms in total. The van der Waals surface area contributed by atoms with Gasteiger partial charge in [-0.2, -0.15) is 0 Å². The van der Waals surface area contributed by atoms with E-state index in [4.69, 9.17) is 5.73 Å². The zero-order valence-corrected chi connectivity index (χ0v) is 11.7. The Hall–Kier alpha value is -1.79. The molecule has 2 saturated heterocycles. The van der Waals surface area contributed by atoms with Crippen LogP contribution in [0.2, 0.25) is 0 Å². The second-order valence-electron chi connectivity index (χ2n) is 5.73. The van der Waals surface area contributed by atoms with Crippen LogP contribution in [0.3, 0.4) is 0 Å². The summed E-state index contributed by atoms with van der Waals surface area (Å²) in [6.45, 7) is 3.39. The summed E-state index contributed by atoms with van der Waals surface area (Å²) in [5.41, 5.74) is 4.43. The minimum Gasteiger partial charge on any atom is -0.481 e. The van der Waals surface area contributed by atoms with Gasteiger partial charge in [0.25, 0.3) is 0 Å². The zero-order valence-electron chi connectivity index (χ0n) is 11.7. The highest BCUT2D eigenvalue weighted by atomic mass is 16.4. The second kappa shape index (κ2) is 5.30. The molecule has 0 radical (unpaired) electrons. The van der Waals surface area contributed by atoms with Crippen molar-refractivity contribution in [2.24, 2.45) is 17.1 Å². The summed E-state index contributed by atoms with van der Waals surface area (Å²) in [6.07, 6.45) is 1.58. The van der Waals surface area contributed by atoms with Gasteiger partial charge in [-0.15, -0.1) is 0 Å². The van der Waals surface area contributed by atoms with Crippen LogP contribution in [0.5, 0.6) is 0 Å². The molecule has 0 aromatic heterocycles. The van der Waals surface area contributed by atoms with Crippen LogP contribution in [-0.2, 0) is 9.59 Å². The third-order valence-corrected chi connectivity index (χ3v) is 4.62. The second-order valence-corrected chi connectivity index (χ2v) is 5.73. The number of nitrogens with zero attached hydrogens (tertiary/aromatic N) is 2. The third kappa shape index (κ3) is 2.44. The van der Waals surface area contributed by atoms with Crippen LogP contribution < -0.4 is 5.73 Å². The Bertz CT molecular complexity index is 439. The van der Waals surface area contributed by atoms with Crippen molar-refractivity contribution in [3.8, 4) is 0 Å². The first-order chi connectivity index (χ1) is 9.39. The molecular formula is C13H21N3O4. The lowest BCUT2D eigenvalue weighted by Crippen LogP contribution is -2.43. The smallest absolute Gasteiger partial charge is 0.320 e. The summed E-state index contributed by atoms with van der Waals surface area (Å²) >= 11 is 0. The Morgan fingerprint density at radius 1 is 1.30 bits per heavy atom. The monoisotopic (exact) mass is 283 g/mol. The van der Waals surface area contributed by atoms with Crippen LogP contribution in [0.4, 0.5) is 4.79 Å². The van der Waals surface area contributed by atoms with Crippen molar-refractivity contribution in [2.45, 2.75) is 26.2 Å². The van der Waals surface area contributed by atoms with Crippen molar-refractivity contribution in [3.05, 3.63) is 0 Å². The Morgan fingerprint density at radius 3 is 2.45 bits per heavy atom. The van der Waals surface area contributed by atoms with E-state index in [1.54, 1.807) is 9.80 Å². The van der Waals surface area contributed by atoms with Gasteiger partial charge in [0, 0.05) is 26.2 Å². The Labute approximate surface area is 117 Å². The number of carboxylic acid groups (broad SMARTS) is 1. The van der Waals surface area contributed by atoms with Gasteiger partial charge >= 0.3 is 12.0 Å². The summed E-state index contributed by atoms with van der Waals surface area (Å²) in [4.78, 5) is 38.0. The van der Waals surface area contributed by atoms with Gasteiger partial charge in [-0.1, -0.05) is 6.92 Å². The van der Waals surface area contributed by atoms with Gasteiger partial charge in [-0.05, 0) is 19.3 Å². The number of carbonyl (C=O) groups excluding carboxylic acids is 2. The molecule has 0 aromatic carbocycles. The lowest BCUT2D eigenvalue weighted by molar-refractivity contribution is -0.148. The van der Waals surface area contributed by atoms with Gasteiger partial charge in [-0.25, -0.2) is 4.79 Å². The minimum atomic E-state index is -0.841. The molecule has 0 saturated carbocycles. The van der Waals surface area contributed by atoms with Crippen LogP contribution in [-0.4, -0.2) is 59.0 Å². The van der Waals surface area contributed by atoms with Gasteiger partial charge in [0.15, 0.2) is 0 Å². The molecule has 0 aliphatic carbocycles. The predicted molar refractivity (Wildman–Crippen MR) is 70.8 cm³/mol. The van der Waals surface area contributed by atoms with E-state index in [0.29, 0.717) is 38.9 Å². The van der Waals surface area contributed by atoms with E-state index >= 15 is 0 Å². The van der Waals surface area contributed by atoms with Crippen molar-refractivity contribution >= 4 is 17.9 Å². The molecular weight excluding hydrogens is 262 g/mol. The summed E-state index contributed by atoms with van der Waals surface area (Å²) in [7, 11) is 0. The van der Waals surface area contributed by atoms with E-state index in [2.05, 4.69) is 0 Å². The van der Waals surface area contributed by atoms with Crippen molar-refractivity contribution in [3.63, 3.8) is 0 Å². The summed E-state index contributed by atoms with van der Waals surface area (Å²) < 4.78 is 0. The summed E-state index contributed by atoms with van der Waals surface area (Å²) in [5, 5.41) is 9.33. The fourth-order valence-electron chi connectivity index (χ4n) is 3.02. The number of carboxylic acids is 1. The van der Waals surface area contributed by atoms with Crippen LogP contribution in [0, 0.1) is 11.3 Å². The van der Waals surface area contributed by atoms with Crippen molar-refractivity contribution in [1.82, 2.24) is 9.80 Å². The van der Waals surface area contributed by atoms with E-state index in [0.717, 1.165) is 0 Å². The SMILES string of the molecule is CCC1(C(=O)O)CCN(C(=O)N2CCC(C(N)=O)C2)C1. The number of hydrogen-bond donors (Lipinski definition) is 2. The number of urea groups is 1. The number of rotatable bonds is 3. The van der Waals surface area contributed by atoms with Gasteiger partial charge in [0.2, 0.25) is 5.91 Å². The fraction of sp³-hybridized carbons (Fsp3) is 0.769. The first-order valence-corrected chi connectivity index (χ1v) is 6.96. The molecule has 2 fully saturated rings. The molecule has 2 aliphatic rings. The van der Waals surface area contributed by atoms with Crippen molar-refractivity contribution in [2.75, 3.05) is 26.2 Å².